The van der Waals surface area contributed by atoms with E-state index in [2.05, 4.69) is 41.4 Å². The molecule has 27 heavy (non-hydrogen) atoms. The van der Waals surface area contributed by atoms with Gasteiger partial charge in [0.05, 0.1) is 17.6 Å². The van der Waals surface area contributed by atoms with Crippen molar-refractivity contribution in [3.05, 3.63) is 53.5 Å². The maximum atomic E-state index is 12.4. The summed E-state index contributed by atoms with van der Waals surface area (Å²) in [4.78, 5) is 14.1. The number of rotatable bonds is 7. The lowest BCUT2D eigenvalue weighted by atomic mass is 10.1. The van der Waals surface area contributed by atoms with Crippen LogP contribution in [-0.4, -0.2) is 38.5 Å². The number of hydrogen-bond donors (Lipinski definition) is 1. The molecule has 1 aromatic carbocycles. The minimum atomic E-state index is 0.00334. The summed E-state index contributed by atoms with van der Waals surface area (Å²) in [6, 6.07) is 10.1. The third-order valence-corrected chi connectivity index (χ3v) is 5.29. The van der Waals surface area contributed by atoms with Gasteiger partial charge in [0.1, 0.15) is 5.76 Å². The van der Waals surface area contributed by atoms with Crippen molar-refractivity contribution >= 4 is 17.7 Å². The van der Waals surface area contributed by atoms with E-state index < -0.39 is 0 Å². The van der Waals surface area contributed by atoms with Crippen molar-refractivity contribution in [2.45, 2.75) is 32.0 Å². The maximum Gasteiger partial charge on any atom is 0.233 e. The summed E-state index contributed by atoms with van der Waals surface area (Å²) in [6.07, 6.45) is 2.59. The molecule has 3 rings (SSSR count). The molecule has 7 nitrogen and oxygen atoms in total. The number of carbonyl (C=O) groups excluding carboxylic acids is 1. The van der Waals surface area contributed by atoms with Crippen LogP contribution in [0.3, 0.4) is 0 Å². The van der Waals surface area contributed by atoms with E-state index in [9.17, 15) is 4.79 Å². The van der Waals surface area contributed by atoms with Gasteiger partial charge in [-0.05, 0) is 30.5 Å². The maximum absolute atomic E-state index is 12.4. The second-order valence-corrected chi connectivity index (χ2v) is 7.22. The van der Waals surface area contributed by atoms with Crippen LogP contribution in [-0.2, 0) is 17.8 Å². The molecule has 0 atom stereocenters. The van der Waals surface area contributed by atoms with Crippen molar-refractivity contribution in [2.24, 2.45) is 0 Å². The van der Waals surface area contributed by atoms with E-state index in [1.807, 2.05) is 6.92 Å². The average molecular weight is 385 g/mol. The number of amides is 1. The lowest BCUT2D eigenvalue weighted by Gasteiger charge is -2.17. The number of hydrogen-bond acceptors (Lipinski definition) is 6. The lowest BCUT2D eigenvalue weighted by molar-refractivity contribution is -0.127. The largest absolute Gasteiger partial charge is 0.469 e. The van der Waals surface area contributed by atoms with Gasteiger partial charge in [0.25, 0.3) is 0 Å². The summed E-state index contributed by atoms with van der Waals surface area (Å²) in [5.41, 5.74) is 3.18. The zero-order valence-corrected chi connectivity index (χ0v) is 16.5. The van der Waals surface area contributed by atoms with E-state index in [0.717, 1.165) is 23.3 Å². The van der Waals surface area contributed by atoms with Crippen LogP contribution >= 0.6 is 11.8 Å². The molecule has 2 N–H and O–H groups in total. The fraction of sp³-hybridized carbons (Fsp3) is 0.316. The highest BCUT2D eigenvalue weighted by Crippen LogP contribution is 2.25. The Labute approximate surface area is 162 Å². The molecule has 0 saturated heterocycles. The standard InChI is InChI=1S/C19H23N5O2S/c1-4-14-5-7-15(8-6-14)11-23(3)17(25)12-27-19-22-21-18(24(19)20)16-9-10-26-13(16)2/h5-10H,4,11-12,20H2,1-3H3. The molecule has 0 radical (unpaired) electrons. The SMILES string of the molecule is CCc1ccc(CN(C)C(=O)CSc2nnc(-c3ccoc3C)n2N)cc1. The molecule has 0 aliphatic carbocycles. The van der Waals surface area contributed by atoms with Gasteiger partial charge in [-0.3, -0.25) is 4.79 Å². The number of aromatic nitrogens is 3. The Kier molecular flexibility index (Phi) is 5.85. The molecule has 2 aromatic heterocycles. The van der Waals surface area contributed by atoms with Crippen molar-refractivity contribution in [1.82, 2.24) is 19.8 Å². The number of furan rings is 1. The molecule has 0 spiro atoms. The van der Waals surface area contributed by atoms with E-state index in [1.54, 1.807) is 24.3 Å². The molecule has 3 aromatic rings. The Morgan fingerprint density at radius 2 is 1.93 bits per heavy atom. The topological polar surface area (TPSA) is 90.2 Å². The molecular formula is C19H23N5O2S. The second kappa shape index (κ2) is 8.30. The molecule has 0 aliphatic heterocycles. The summed E-state index contributed by atoms with van der Waals surface area (Å²) in [5, 5.41) is 8.68. The van der Waals surface area contributed by atoms with Gasteiger partial charge in [-0.2, -0.15) is 0 Å². The van der Waals surface area contributed by atoms with Crippen LogP contribution < -0.4 is 5.84 Å². The lowest BCUT2D eigenvalue weighted by Crippen LogP contribution is -2.28. The Balaban J connectivity index is 1.58. The van der Waals surface area contributed by atoms with Crippen LogP contribution in [0.5, 0.6) is 0 Å². The fourth-order valence-electron chi connectivity index (χ4n) is 2.65. The van der Waals surface area contributed by atoms with Gasteiger partial charge in [-0.15, -0.1) is 10.2 Å². The van der Waals surface area contributed by atoms with Gasteiger partial charge in [0.15, 0.2) is 5.82 Å². The molecule has 1 amide bonds. The van der Waals surface area contributed by atoms with E-state index in [1.165, 1.54) is 22.0 Å². The van der Waals surface area contributed by atoms with Crippen LogP contribution in [0, 0.1) is 6.92 Å². The van der Waals surface area contributed by atoms with Gasteiger partial charge in [0.2, 0.25) is 11.1 Å². The summed E-state index contributed by atoms with van der Waals surface area (Å²) in [5.74, 6) is 7.56. The van der Waals surface area contributed by atoms with Crippen LogP contribution in [0.15, 0.2) is 46.2 Å². The first-order chi connectivity index (χ1) is 13.0. The van der Waals surface area contributed by atoms with Gasteiger partial charge in [-0.1, -0.05) is 43.0 Å². The van der Waals surface area contributed by atoms with E-state index in [0.29, 0.717) is 17.5 Å². The molecule has 8 heteroatoms. The molecule has 0 aliphatic rings. The number of nitrogen functional groups attached to an aromatic ring is 1. The van der Waals surface area contributed by atoms with Crippen molar-refractivity contribution < 1.29 is 9.21 Å². The van der Waals surface area contributed by atoms with Crippen LogP contribution in [0.2, 0.25) is 0 Å². The van der Waals surface area contributed by atoms with Crippen LogP contribution in [0.4, 0.5) is 0 Å². The molecule has 0 bridgehead atoms. The highest BCUT2D eigenvalue weighted by atomic mass is 32.2. The molecule has 0 fully saturated rings. The molecule has 0 unspecified atom stereocenters. The van der Waals surface area contributed by atoms with Crippen LogP contribution in [0.1, 0.15) is 23.8 Å². The minimum absolute atomic E-state index is 0.00334. The number of aryl methyl sites for hydroxylation is 2. The monoisotopic (exact) mass is 385 g/mol. The molecular weight excluding hydrogens is 362 g/mol. The van der Waals surface area contributed by atoms with Gasteiger partial charge in [0, 0.05) is 13.6 Å². The first-order valence-electron chi connectivity index (χ1n) is 8.69. The number of nitrogens with two attached hydrogens (primary N) is 1. The number of thioether (sulfide) groups is 1. The Hall–Kier alpha value is -2.74. The van der Waals surface area contributed by atoms with E-state index in [4.69, 9.17) is 10.3 Å². The molecule has 142 valence electrons. The van der Waals surface area contributed by atoms with Gasteiger partial charge >= 0.3 is 0 Å². The minimum Gasteiger partial charge on any atom is -0.469 e. The van der Waals surface area contributed by atoms with Gasteiger partial charge < -0.3 is 15.2 Å². The quantitative estimate of drug-likeness (QED) is 0.497. The first kappa shape index (κ1) is 19.0. The Morgan fingerprint density at radius 1 is 1.22 bits per heavy atom. The fourth-order valence-corrected chi connectivity index (χ4v) is 3.45. The van der Waals surface area contributed by atoms with Crippen molar-refractivity contribution in [2.75, 3.05) is 18.6 Å². The number of benzene rings is 1. The van der Waals surface area contributed by atoms with Crippen molar-refractivity contribution in [1.29, 1.82) is 0 Å². The predicted octanol–water partition coefficient (Wildman–Crippen LogP) is 2.87. The second-order valence-electron chi connectivity index (χ2n) is 6.28. The summed E-state index contributed by atoms with van der Waals surface area (Å²) in [6.45, 7) is 4.53. The highest BCUT2D eigenvalue weighted by Gasteiger charge is 2.17. The number of carbonyl (C=O) groups is 1. The van der Waals surface area contributed by atoms with Crippen molar-refractivity contribution in [3.8, 4) is 11.4 Å². The van der Waals surface area contributed by atoms with Crippen LogP contribution in [0.25, 0.3) is 11.4 Å². The summed E-state index contributed by atoms with van der Waals surface area (Å²) < 4.78 is 6.67. The van der Waals surface area contributed by atoms with Gasteiger partial charge in [-0.25, -0.2) is 4.68 Å². The number of nitrogens with zero attached hydrogens (tertiary/aromatic N) is 4. The zero-order chi connectivity index (χ0) is 19.4. The average Bonchev–Trinajstić information content (AvgIpc) is 3.25. The summed E-state index contributed by atoms with van der Waals surface area (Å²) in [7, 11) is 1.80. The molecule has 2 heterocycles. The zero-order valence-electron chi connectivity index (χ0n) is 15.7. The normalized spacial score (nSPS) is 10.9. The highest BCUT2D eigenvalue weighted by molar-refractivity contribution is 7.99. The predicted molar refractivity (Wildman–Crippen MR) is 106 cm³/mol. The van der Waals surface area contributed by atoms with Crippen molar-refractivity contribution in [3.63, 3.8) is 0 Å². The third kappa shape index (κ3) is 4.33. The third-order valence-electron chi connectivity index (χ3n) is 4.37. The first-order valence-corrected chi connectivity index (χ1v) is 9.67. The smallest absolute Gasteiger partial charge is 0.233 e. The Morgan fingerprint density at radius 3 is 2.56 bits per heavy atom. The summed E-state index contributed by atoms with van der Waals surface area (Å²) >= 11 is 1.27. The van der Waals surface area contributed by atoms with E-state index in [-0.39, 0.29) is 11.7 Å². The van der Waals surface area contributed by atoms with E-state index >= 15 is 0 Å². The molecule has 0 saturated carbocycles. The Bertz CT molecular complexity index is 917.